The van der Waals surface area contributed by atoms with E-state index in [2.05, 4.69) is 32.8 Å². The molecule has 0 aliphatic carbocycles. The molecule has 2 aromatic heterocycles. The Balaban J connectivity index is 2.14. The first-order valence-electron chi connectivity index (χ1n) is 5.40. The molecule has 96 valence electrons. The second-order valence-electron chi connectivity index (χ2n) is 4.11. The highest BCUT2D eigenvalue weighted by Crippen LogP contribution is 2.13. The van der Waals surface area contributed by atoms with Crippen molar-refractivity contribution in [1.82, 2.24) is 24.5 Å². The highest BCUT2D eigenvalue weighted by atomic mass is 127. The van der Waals surface area contributed by atoms with Crippen molar-refractivity contribution >= 4 is 28.5 Å². The maximum atomic E-state index is 12.3. The molecule has 0 fully saturated rings. The van der Waals surface area contributed by atoms with Gasteiger partial charge >= 0.3 is 0 Å². The second kappa shape index (κ2) is 5.09. The lowest BCUT2D eigenvalue weighted by Gasteiger charge is -2.16. The van der Waals surface area contributed by atoms with E-state index < -0.39 is 0 Å². The molecule has 0 bridgehead atoms. The molecule has 0 aliphatic rings. The van der Waals surface area contributed by atoms with Crippen LogP contribution in [0.4, 0.5) is 0 Å². The second-order valence-corrected chi connectivity index (χ2v) is 5.27. The monoisotopic (exact) mass is 359 g/mol. The first kappa shape index (κ1) is 13.1. The summed E-state index contributed by atoms with van der Waals surface area (Å²) >= 11 is 2.11. The number of carbonyl (C=O) groups is 1. The van der Waals surface area contributed by atoms with Gasteiger partial charge in [-0.05, 0) is 28.7 Å². The van der Waals surface area contributed by atoms with Gasteiger partial charge in [-0.2, -0.15) is 10.2 Å². The Bertz CT molecular complexity index is 554. The molecule has 1 amide bonds. The van der Waals surface area contributed by atoms with Crippen molar-refractivity contribution in [3.63, 3.8) is 0 Å². The van der Waals surface area contributed by atoms with Crippen LogP contribution in [0.15, 0.2) is 18.5 Å². The van der Waals surface area contributed by atoms with E-state index in [0.29, 0.717) is 12.2 Å². The summed E-state index contributed by atoms with van der Waals surface area (Å²) in [4.78, 5) is 13.9. The molecule has 0 atom stereocenters. The Morgan fingerprint density at radius 3 is 2.72 bits per heavy atom. The number of hydrogen-bond acceptors (Lipinski definition) is 3. The molecule has 2 rings (SSSR count). The van der Waals surface area contributed by atoms with Crippen molar-refractivity contribution in [3.8, 4) is 0 Å². The highest BCUT2D eigenvalue weighted by molar-refractivity contribution is 14.1. The predicted octanol–water partition coefficient (Wildman–Crippen LogP) is 1.03. The Labute approximate surface area is 119 Å². The summed E-state index contributed by atoms with van der Waals surface area (Å²) in [6.07, 6.45) is 3.55. The number of aryl methyl sites for hydroxylation is 2. The van der Waals surface area contributed by atoms with Gasteiger partial charge in [0, 0.05) is 27.3 Å². The fourth-order valence-electron chi connectivity index (χ4n) is 1.69. The molecule has 0 unspecified atom stereocenters. The number of halogens is 1. The topological polar surface area (TPSA) is 56.0 Å². The van der Waals surface area contributed by atoms with Gasteiger partial charge < -0.3 is 4.90 Å². The lowest BCUT2D eigenvalue weighted by molar-refractivity contribution is 0.0771. The van der Waals surface area contributed by atoms with E-state index in [-0.39, 0.29) is 5.91 Å². The first-order valence-corrected chi connectivity index (χ1v) is 6.48. The Morgan fingerprint density at radius 2 is 2.22 bits per heavy atom. The summed E-state index contributed by atoms with van der Waals surface area (Å²) in [5, 5.41) is 8.33. The molecular formula is C11H14IN5O. The number of hydrogen-bond donors (Lipinski definition) is 0. The minimum atomic E-state index is -0.0509. The predicted molar refractivity (Wildman–Crippen MR) is 74.9 cm³/mol. The molecule has 18 heavy (non-hydrogen) atoms. The van der Waals surface area contributed by atoms with Crippen LogP contribution in [0, 0.1) is 3.57 Å². The molecule has 0 saturated carbocycles. The van der Waals surface area contributed by atoms with Crippen molar-refractivity contribution in [2.24, 2.45) is 14.1 Å². The third-order valence-corrected chi connectivity index (χ3v) is 3.40. The van der Waals surface area contributed by atoms with Crippen LogP contribution in [-0.4, -0.2) is 37.4 Å². The zero-order valence-electron chi connectivity index (χ0n) is 10.5. The lowest BCUT2D eigenvalue weighted by Crippen LogP contribution is -2.29. The zero-order chi connectivity index (χ0) is 13.3. The number of nitrogens with zero attached hydrogens (tertiary/aromatic N) is 5. The van der Waals surface area contributed by atoms with Crippen molar-refractivity contribution in [3.05, 3.63) is 33.4 Å². The molecule has 0 aliphatic heterocycles. The van der Waals surface area contributed by atoms with E-state index in [1.54, 1.807) is 34.6 Å². The van der Waals surface area contributed by atoms with Crippen LogP contribution >= 0.6 is 22.6 Å². The number of rotatable bonds is 3. The van der Waals surface area contributed by atoms with Crippen molar-refractivity contribution in [2.45, 2.75) is 6.54 Å². The van der Waals surface area contributed by atoms with Crippen LogP contribution in [0.5, 0.6) is 0 Å². The average molecular weight is 359 g/mol. The van der Waals surface area contributed by atoms with E-state index in [9.17, 15) is 4.79 Å². The van der Waals surface area contributed by atoms with E-state index in [1.807, 2.05) is 19.3 Å². The van der Waals surface area contributed by atoms with Crippen LogP contribution < -0.4 is 0 Å². The summed E-state index contributed by atoms with van der Waals surface area (Å²) in [6.45, 7) is 0.487. The fourth-order valence-corrected chi connectivity index (χ4v) is 2.40. The first-order chi connectivity index (χ1) is 8.49. The van der Waals surface area contributed by atoms with Gasteiger partial charge in [-0.3, -0.25) is 14.2 Å². The molecule has 2 aromatic rings. The summed E-state index contributed by atoms with van der Waals surface area (Å²) in [5.74, 6) is -0.0509. The summed E-state index contributed by atoms with van der Waals surface area (Å²) in [7, 11) is 5.39. The Hall–Kier alpha value is -1.38. The zero-order valence-corrected chi connectivity index (χ0v) is 12.6. The summed E-state index contributed by atoms with van der Waals surface area (Å²) < 4.78 is 4.17. The Kier molecular flexibility index (Phi) is 3.69. The summed E-state index contributed by atoms with van der Waals surface area (Å²) in [5.41, 5.74) is 1.47. The summed E-state index contributed by atoms with van der Waals surface area (Å²) in [6, 6.07) is 1.90. The van der Waals surface area contributed by atoms with Gasteiger partial charge in [0.1, 0.15) is 5.69 Å². The van der Waals surface area contributed by atoms with Gasteiger partial charge in [0.25, 0.3) is 5.91 Å². The van der Waals surface area contributed by atoms with Crippen LogP contribution in [0.25, 0.3) is 0 Å². The standard InChI is InChI=1S/C11H14IN5O/c1-15(7-8-4-5-16(2)14-8)11(18)10-9(12)6-13-17(10)3/h4-6H,7H2,1-3H3. The lowest BCUT2D eigenvalue weighted by atomic mass is 10.3. The van der Waals surface area contributed by atoms with Crippen LogP contribution in [0.3, 0.4) is 0 Å². The van der Waals surface area contributed by atoms with Gasteiger partial charge in [-0.25, -0.2) is 0 Å². The normalized spacial score (nSPS) is 10.7. The maximum absolute atomic E-state index is 12.3. The van der Waals surface area contributed by atoms with Gasteiger partial charge in [0.15, 0.2) is 0 Å². The number of carbonyl (C=O) groups excluding carboxylic acids is 1. The van der Waals surface area contributed by atoms with Crippen LogP contribution in [0.1, 0.15) is 16.2 Å². The van der Waals surface area contributed by atoms with E-state index in [4.69, 9.17) is 0 Å². The molecule has 0 aromatic carbocycles. The molecular weight excluding hydrogens is 345 g/mol. The van der Waals surface area contributed by atoms with Crippen LogP contribution in [0.2, 0.25) is 0 Å². The minimum absolute atomic E-state index is 0.0509. The van der Waals surface area contributed by atoms with Crippen molar-refractivity contribution in [1.29, 1.82) is 0 Å². The Morgan fingerprint density at radius 1 is 1.50 bits per heavy atom. The smallest absolute Gasteiger partial charge is 0.273 e. The number of amides is 1. The minimum Gasteiger partial charge on any atom is -0.334 e. The molecule has 0 spiro atoms. The van der Waals surface area contributed by atoms with Crippen molar-refractivity contribution in [2.75, 3.05) is 7.05 Å². The van der Waals surface area contributed by atoms with Gasteiger partial charge in [0.05, 0.1) is 22.0 Å². The molecule has 2 heterocycles. The molecule has 0 radical (unpaired) electrons. The molecule has 6 nitrogen and oxygen atoms in total. The maximum Gasteiger partial charge on any atom is 0.273 e. The highest BCUT2D eigenvalue weighted by Gasteiger charge is 2.19. The quantitative estimate of drug-likeness (QED) is 0.770. The molecule has 7 heteroatoms. The number of aromatic nitrogens is 4. The van der Waals surface area contributed by atoms with E-state index in [0.717, 1.165) is 9.26 Å². The SMILES string of the molecule is CN(Cc1ccn(C)n1)C(=O)c1c(I)cnn1C. The fraction of sp³-hybridized carbons (Fsp3) is 0.364. The van der Waals surface area contributed by atoms with E-state index in [1.165, 1.54) is 0 Å². The van der Waals surface area contributed by atoms with E-state index >= 15 is 0 Å². The molecule has 0 saturated heterocycles. The third-order valence-electron chi connectivity index (χ3n) is 2.61. The van der Waals surface area contributed by atoms with Crippen LogP contribution in [-0.2, 0) is 20.6 Å². The van der Waals surface area contributed by atoms with Gasteiger partial charge in [-0.15, -0.1) is 0 Å². The van der Waals surface area contributed by atoms with Gasteiger partial charge in [-0.1, -0.05) is 0 Å². The molecule has 0 N–H and O–H groups in total. The third kappa shape index (κ3) is 2.55. The average Bonchev–Trinajstić information content (AvgIpc) is 2.85. The van der Waals surface area contributed by atoms with Crippen molar-refractivity contribution < 1.29 is 4.79 Å². The van der Waals surface area contributed by atoms with Gasteiger partial charge in [0.2, 0.25) is 0 Å². The largest absolute Gasteiger partial charge is 0.334 e.